The Morgan fingerprint density at radius 1 is 1.16 bits per heavy atom. The van der Waals surface area contributed by atoms with Gasteiger partial charge in [-0.1, -0.05) is 37.5 Å². The molecule has 1 fully saturated rings. The molecule has 1 unspecified atom stereocenters. The van der Waals surface area contributed by atoms with E-state index in [1.807, 2.05) is 17.8 Å². The molecule has 2 aromatic rings. The van der Waals surface area contributed by atoms with Gasteiger partial charge in [-0.05, 0) is 26.0 Å². The van der Waals surface area contributed by atoms with Crippen LogP contribution in [0.5, 0.6) is 0 Å². The second-order valence-electron chi connectivity index (χ2n) is 6.43. The maximum Gasteiger partial charge on any atom is 0.210 e. The first kappa shape index (κ1) is 19.8. The summed E-state index contributed by atoms with van der Waals surface area (Å²) in [4.78, 5) is 9.32. The Bertz CT molecular complexity index is 710. The number of nitrogens with one attached hydrogen (secondary N) is 2. The van der Waals surface area contributed by atoms with E-state index in [0.717, 1.165) is 11.6 Å². The number of fused-ring (bicyclic) bond motifs is 1. The fraction of sp³-hybridized carbons (Fsp3) is 0.444. The SMILES string of the molecule is CNC1(C2CCCCC2)N=C(n2ccnc2)Nc2ccccc21.Cl.Cl. The molecule has 1 saturated carbocycles. The number of benzene rings is 1. The number of para-hydroxylation sites is 1. The Labute approximate surface area is 161 Å². The molecule has 1 atom stereocenters. The van der Waals surface area contributed by atoms with Crippen molar-refractivity contribution in [2.75, 3.05) is 12.4 Å². The number of aliphatic imine (C=N–C) groups is 1. The summed E-state index contributed by atoms with van der Waals surface area (Å²) in [6, 6.07) is 8.51. The molecule has 5 nitrogen and oxygen atoms in total. The first-order valence-corrected chi connectivity index (χ1v) is 8.47. The summed E-state index contributed by atoms with van der Waals surface area (Å²) in [6.45, 7) is 0. The lowest BCUT2D eigenvalue weighted by Gasteiger charge is -2.43. The van der Waals surface area contributed by atoms with Gasteiger partial charge in [0, 0.05) is 29.6 Å². The highest BCUT2D eigenvalue weighted by molar-refractivity contribution is 5.98. The minimum absolute atomic E-state index is 0. The number of hydrogen-bond donors (Lipinski definition) is 2. The zero-order chi connectivity index (χ0) is 15.7. The fourth-order valence-corrected chi connectivity index (χ4v) is 4.03. The minimum Gasteiger partial charge on any atom is -0.325 e. The number of rotatable bonds is 2. The third-order valence-electron chi connectivity index (χ3n) is 5.19. The largest absolute Gasteiger partial charge is 0.325 e. The summed E-state index contributed by atoms with van der Waals surface area (Å²) < 4.78 is 1.95. The summed E-state index contributed by atoms with van der Waals surface area (Å²) in [6.07, 6.45) is 11.9. The van der Waals surface area contributed by atoms with Gasteiger partial charge in [-0.3, -0.25) is 9.88 Å². The van der Waals surface area contributed by atoms with Gasteiger partial charge in [-0.15, -0.1) is 24.8 Å². The number of hydrogen-bond acceptors (Lipinski definition) is 4. The average molecular weight is 382 g/mol. The van der Waals surface area contributed by atoms with E-state index in [2.05, 4.69) is 39.9 Å². The van der Waals surface area contributed by atoms with Crippen LogP contribution in [0.4, 0.5) is 5.69 Å². The summed E-state index contributed by atoms with van der Waals surface area (Å²) >= 11 is 0. The number of nitrogens with zero attached hydrogens (tertiary/aromatic N) is 3. The van der Waals surface area contributed by atoms with Gasteiger partial charge in [0.15, 0.2) is 0 Å². The van der Waals surface area contributed by atoms with E-state index >= 15 is 0 Å². The average Bonchev–Trinajstić information content (AvgIpc) is 3.16. The minimum atomic E-state index is -0.359. The summed E-state index contributed by atoms with van der Waals surface area (Å²) in [7, 11) is 2.03. The van der Waals surface area contributed by atoms with Crippen LogP contribution in [0.2, 0.25) is 0 Å². The molecular weight excluding hydrogens is 357 g/mol. The third-order valence-corrected chi connectivity index (χ3v) is 5.19. The van der Waals surface area contributed by atoms with Crippen molar-refractivity contribution >= 4 is 36.5 Å². The first-order chi connectivity index (χ1) is 11.3. The molecule has 25 heavy (non-hydrogen) atoms. The second kappa shape index (κ2) is 8.21. The van der Waals surface area contributed by atoms with Crippen molar-refractivity contribution in [1.29, 1.82) is 0 Å². The third kappa shape index (κ3) is 3.41. The smallest absolute Gasteiger partial charge is 0.210 e. The molecule has 2 N–H and O–H groups in total. The molecule has 0 radical (unpaired) electrons. The number of anilines is 1. The van der Waals surface area contributed by atoms with Crippen LogP contribution in [0.1, 0.15) is 37.7 Å². The molecule has 136 valence electrons. The maximum absolute atomic E-state index is 5.16. The molecule has 1 aliphatic heterocycles. The van der Waals surface area contributed by atoms with E-state index in [1.54, 1.807) is 12.5 Å². The molecule has 7 heteroatoms. The van der Waals surface area contributed by atoms with Crippen molar-refractivity contribution in [3.05, 3.63) is 48.5 Å². The number of aromatic nitrogens is 2. The maximum atomic E-state index is 5.16. The predicted octanol–water partition coefficient (Wildman–Crippen LogP) is 4.01. The first-order valence-electron chi connectivity index (χ1n) is 8.47. The molecule has 1 aromatic heterocycles. The normalized spacial score (nSPS) is 22.7. The van der Waals surface area contributed by atoms with Crippen molar-refractivity contribution in [3.63, 3.8) is 0 Å². The predicted molar refractivity (Wildman–Crippen MR) is 107 cm³/mol. The van der Waals surface area contributed by atoms with Crippen LogP contribution in [0, 0.1) is 5.92 Å². The van der Waals surface area contributed by atoms with E-state index in [1.165, 1.54) is 37.7 Å². The van der Waals surface area contributed by atoms with E-state index in [4.69, 9.17) is 4.99 Å². The van der Waals surface area contributed by atoms with Crippen LogP contribution in [0.3, 0.4) is 0 Å². The van der Waals surface area contributed by atoms with Gasteiger partial charge in [0.1, 0.15) is 12.0 Å². The topological polar surface area (TPSA) is 54.2 Å². The second-order valence-corrected chi connectivity index (χ2v) is 6.43. The van der Waals surface area contributed by atoms with E-state index in [0.29, 0.717) is 5.92 Å². The van der Waals surface area contributed by atoms with E-state index in [9.17, 15) is 0 Å². The molecule has 1 aliphatic carbocycles. The van der Waals surface area contributed by atoms with Gasteiger partial charge in [0.2, 0.25) is 5.96 Å². The highest BCUT2D eigenvalue weighted by Gasteiger charge is 2.43. The Balaban J connectivity index is 0.00000113. The van der Waals surface area contributed by atoms with Crippen LogP contribution < -0.4 is 10.6 Å². The van der Waals surface area contributed by atoms with Crippen LogP contribution in [0.25, 0.3) is 0 Å². The van der Waals surface area contributed by atoms with Crippen LogP contribution in [-0.4, -0.2) is 22.6 Å². The summed E-state index contributed by atoms with van der Waals surface area (Å²) in [5.41, 5.74) is 2.02. The van der Waals surface area contributed by atoms with E-state index in [-0.39, 0.29) is 30.5 Å². The van der Waals surface area contributed by atoms with Crippen LogP contribution in [-0.2, 0) is 5.66 Å². The van der Waals surface area contributed by atoms with Gasteiger partial charge < -0.3 is 5.32 Å². The molecule has 2 aliphatic rings. The van der Waals surface area contributed by atoms with Crippen molar-refractivity contribution < 1.29 is 0 Å². The molecule has 4 rings (SSSR count). The van der Waals surface area contributed by atoms with Crippen LogP contribution >= 0.6 is 24.8 Å². The van der Waals surface area contributed by atoms with Gasteiger partial charge in [0.25, 0.3) is 0 Å². The van der Waals surface area contributed by atoms with Crippen molar-refractivity contribution in [3.8, 4) is 0 Å². The Kier molecular flexibility index (Phi) is 6.49. The van der Waals surface area contributed by atoms with Gasteiger partial charge in [0.05, 0.1) is 0 Å². The number of imidazole rings is 1. The fourth-order valence-electron chi connectivity index (χ4n) is 4.03. The van der Waals surface area contributed by atoms with Gasteiger partial charge in [-0.25, -0.2) is 9.98 Å². The molecule has 0 bridgehead atoms. The molecule has 0 saturated heterocycles. The molecule has 1 aromatic carbocycles. The Morgan fingerprint density at radius 3 is 2.60 bits per heavy atom. The summed E-state index contributed by atoms with van der Waals surface area (Å²) in [5.74, 6) is 1.35. The lowest BCUT2D eigenvalue weighted by atomic mass is 9.75. The highest BCUT2D eigenvalue weighted by atomic mass is 35.5. The molecule has 0 amide bonds. The van der Waals surface area contributed by atoms with Crippen LogP contribution in [0.15, 0.2) is 48.0 Å². The Hall–Kier alpha value is -1.56. The molecule has 2 heterocycles. The lowest BCUT2D eigenvalue weighted by Crippen LogP contribution is -2.50. The standard InChI is InChI=1S/C18H23N5.2ClH/c1-19-18(14-7-3-2-4-8-14)15-9-5-6-10-16(15)21-17(22-18)23-12-11-20-13-23;;/h5-6,9-14,19H,2-4,7-8H2,1H3,(H,21,22);2*1H. The van der Waals surface area contributed by atoms with Gasteiger partial charge in [-0.2, -0.15) is 0 Å². The zero-order valence-electron chi connectivity index (χ0n) is 14.3. The van der Waals surface area contributed by atoms with Gasteiger partial charge >= 0.3 is 0 Å². The lowest BCUT2D eigenvalue weighted by molar-refractivity contribution is 0.177. The molecular formula is C18H25Cl2N5. The van der Waals surface area contributed by atoms with Crippen molar-refractivity contribution in [1.82, 2.24) is 14.9 Å². The van der Waals surface area contributed by atoms with E-state index < -0.39 is 0 Å². The molecule has 0 spiro atoms. The number of halogens is 2. The quantitative estimate of drug-likeness (QED) is 0.825. The summed E-state index contributed by atoms with van der Waals surface area (Å²) in [5, 5.41) is 7.03. The zero-order valence-corrected chi connectivity index (χ0v) is 15.9. The Morgan fingerprint density at radius 2 is 1.92 bits per heavy atom. The van der Waals surface area contributed by atoms with Crippen molar-refractivity contribution in [2.45, 2.75) is 37.8 Å². The monoisotopic (exact) mass is 381 g/mol. The van der Waals surface area contributed by atoms with Crippen molar-refractivity contribution in [2.24, 2.45) is 10.9 Å². The highest BCUT2D eigenvalue weighted by Crippen LogP contribution is 2.44.